The van der Waals surface area contributed by atoms with E-state index in [2.05, 4.69) is 75.7 Å². The zero-order valence-electron chi connectivity index (χ0n) is 15.4. The molecule has 0 saturated carbocycles. The average molecular weight is 301 g/mol. The Balaban J connectivity index is 0. The van der Waals surface area contributed by atoms with Crippen molar-refractivity contribution in [3.8, 4) is 23.7 Å². The molecule has 0 nitrogen and oxygen atoms in total. The molecule has 0 rings (SSSR count). The van der Waals surface area contributed by atoms with Crippen LogP contribution in [0.2, 0.25) is 0 Å². The van der Waals surface area contributed by atoms with Gasteiger partial charge in [0.25, 0.3) is 0 Å². The molecule has 0 aromatic carbocycles. The van der Waals surface area contributed by atoms with Crippen LogP contribution in [-0.2, 0) is 0 Å². The third-order valence-corrected chi connectivity index (χ3v) is 2.82. The highest BCUT2D eigenvalue weighted by Crippen LogP contribution is 1.96. The van der Waals surface area contributed by atoms with Crippen LogP contribution in [0.15, 0.2) is 24.3 Å². The van der Waals surface area contributed by atoms with Gasteiger partial charge in [0, 0.05) is 12.8 Å². The molecule has 124 valence electrons. The first-order valence-electron chi connectivity index (χ1n) is 9.04. The lowest BCUT2D eigenvalue weighted by molar-refractivity contribution is 0.813. The number of unbranched alkanes of at least 4 members (excludes halogenated alkanes) is 4. The van der Waals surface area contributed by atoms with E-state index in [4.69, 9.17) is 0 Å². The molecule has 0 bridgehead atoms. The van der Waals surface area contributed by atoms with Crippen LogP contribution in [0.3, 0.4) is 0 Å². The smallest absolute Gasteiger partial charge is 0.0702 e. The molecule has 0 aromatic rings. The highest BCUT2D eigenvalue weighted by atomic mass is 13.8. The quantitative estimate of drug-likeness (QED) is 0.255. The van der Waals surface area contributed by atoms with E-state index in [0.717, 1.165) is 32.1 Å². The highest BCUT2D eigenvalue weighted by Gasteiger charge is 1.76. The molecule has 0 amide bonds. The van der Waals surface area contributed by atoms with Crippen LogP contribution in [0.25, 0.3) is 0 Å². The van der Waals surface area contributed by atoms with Gasteiger partial charge < -0.3 is 0 Å². The van der Waals surface area contributed by atoms with Gasteiger partial charge in [-0.2, -0.15) is 0 Å². The average Bonchev–Trinajstić information content (AvgIpc) is 2.54. The van der Waals surface area contributed by atoms with Crippen LogP contribution in [0.4, 0.5) is 0 Å². The van der Waals surface area contributed by atoms with Gasteiger partial charge in [-0.25, -0.2) is 0 Å². The first-order valence-corrected chi connectivity index (χ1v) is 9.04. The van der Waals surface area contributed by atoms with Crippen molar-refractivity contribution in [1.82, 2.24) is 0 Å². The molecule has 0 spiro atoms. The zero-order chi connectivity index (χ0) is 16.7. The summed E-state index contributed by atoms with van der Waals surface area (Å²) >= 11 is 0. The van der Waals surface area contributed by atoms with Crippen LogP contribution in [0.1, 0.15) is 91.9 Å². The highest BCUT2D eigenvalue weighted by molar-refractivity contribution is 5.11. The molecule has 0 atom stereocenters. The van der Waals surface area contributed by atoms with Gasteiger partial charge in [-0.15, -0.1) is 11.8 Å². The Morgan fingerprint density at radius 1 is 0.682 bits per heavy atom. The van der Waals surface area contributed by atoms with E-state index in [1.54, 1.807) is 0 Å². The molecule has 0 aromatic heterocycles. The van der Waals surface area contributed by atoms with Crippen molar-refractivity contribution in [3.05, 3.63) is 24.3 Å². The molecule has 0 aliphatic rings. The van der Waals surface area contributed by atoms with Gasteiger partial charge in [0.05, 0.1) is 6.42 Å². The van der Waals surface area contributed by atoms with E-state index < -0.39 is 0 Å². The van der Waals surface area contributed by atoms with Gasteiger partial charge in [0.1, 0.15) is 0 Å². The Bertz CT molecular complexity index is 362. The zero-order valence-corrected chi connectivity index (χ0v) is 15.4. The molecule has 0 N–H and O–H groups in total. The van der Waals surface area contributed by atoms with Gasteiger partial charge in [0.2, 0.25) is 0 Å². The Morgan fingerprint density at radius 2 is 1.36 bits per heavy atom. The monoisotopic (exact) mass is 300 g/mol. The van der Waals surface area contributed by atoms with E-state index in [-0.39, 0.29) is 0 Å². The summed E-state index contributed by atoms with van der Waals surface area (Å²) in [6.07, 6.45) is 20.3. The molecule has 0 aliphatic carbocycles. The van der Waals surface area contributed by atoms with E-state index in [1.807, 2.05) is 0 Å². The molecule has 0 radical (unpaired) electrons. The van der Waals surface area contributed by atoms with Gasteiger partial charge in [-0.05, 0) is 25.7 Å². The lowest BCUT2D eigenvalue weighted by Gasteiger charge is -1.86. The summed E-state index contributed by atoms with van der Waals surface area (Å²) < 4.78 is 0. The van der Waals surface area contributed by atoms with Crippen molar-refractivity contribution in [2.45, 2.75) is 91.9 Å². The standard InChI is InChI=1S/C11H20.C11H16/c2*1-3-5-7-9-11-10-8-6-4-2/h5,7,10-11H,3-4,6,8-9H2,1-2H3;3-5,7,10H2,1-2H3/b7-5-,11-10-;. The van der Waals surface area contributed by atoms with Crippen LogP contribution < -0.4 is 0 Å². The van der Waals surface area contributed by atoms with Crippen LogP contribution in [0, 0.1) is 23.7 Å². The summed E-state index contributed by atoms with van der Waals surface area (Å²) in [6.45, 7) is 8.62. The molecule has 0 heterocycles. The summed E-state index contributed by atoms with van der Waals surface area (Å²) in [5, 5.41) is 0. The minimum Gasteiger partial charge on any atom is -0.103 e. The third kappa shape index (κ3) is 27.0. The fraction of sp³-hybridized carbons (Fsp3) is 0.636. The van der Waals surface area contributed by atoms with Crippen molar-refractivity contribution in [3.63, 3.8) is 0 Å². The lowest BCUT2D eigenvalue weighted by Crippen LogP contribution is -1.67. The largest absolute Gasteiger partial charge is 0.103 e. The molecule has 0 unspecified atom stereocenters. The molecule has 0 fully saturated rings. The summed E-state index contributed by atoms with van der Waals surface area (Å²) in [5.41, 5.74) is 0. The van der Waals surface area contributed by atoms with Gasteiger partial charge in [-0.1, -0.05) is 83.1 Å². The fourth-order valence-electron chi connectivity index (χ4n) is 1.53. The minimum atomic E-state index is 0.748. The predicted molar refractivity (Wildman–Crippen MR) is 103 cm³/mol. The molecule has 0 heteroatoms. The normalized spacial score (nSPS) is 9.64. The lowest BCUT2D eigenvalue weighted by atomic mass is 10.2. The van der Waals surface area contributed by atoms with Crippen molar-refractivity contribution in [2.24, 2.45) is 0 Å². The maximum absolute atomic E-state index is 3.09. The van der Waals surface area contributed by atoms with Crippen molar-refractivity contribution in [1.29, 1.82) is 0 Å². The summed E-state index contributed by atoms with van der Waals surface area (Å²) in [5.74, 6) is 12.1. The summed E-state index contributed by atoms with van der Waals surface area (Å²) in [4.78, 5) is 0. The van der Waals surface area contributed by atoms with Crippen LogP contribution >= 0.6 is 0 Å². The van der Waals surface area contributed by atoms with E-state index in [0.29, 0.717) is 0 Å². The summed E-state index contributed by atoms with van der Waals surface area (Å²) in [6, 6.07) is 0. The maximum Gasteiger partial charge on any atom is 0.0702 e. The van der Waals surface area contributed by atoms with Crippen LogP contribution in [-0.4, -0.2) is 0 Å². The Labute approximate surface area is 140 Å². The first-order chi connectivity index (χ1) is 10.8. The second kappa shape index (κ2) is 24.6. The third-order valence-electron chi connectivity index (χ3n) is 2.82. The Morgan fingerprint density at radius 3 is 2.00 bits per heavy atom. The topological polar surface area (TPSA) is 0 Å². The molecule has 0 saturated heterocycles. The Kier molecular flexibility index (Phi) is 25.6. The van der Waals surface area contributed by atoms with Gasteiger partial charge in [-0.3, -0.25) is 0 Å². The second-order valence-corrected chi connectivity index (χ2v) is 5.07. The SMILES string of the molecule is CC/C=C\C/C=C\CCCC.CCC#CCC#CCCCC. The van der Waals surface area contributed by atoms with Crippen molar-refractivity contribution in [2.75, 3.05) is 0 Å². The Hall–Kier alpha value is -1.40. The summed E-state index contributed by atoms with van der Waals surface area (Å²) in [7, 11) is 0. The second-order valence-electron chi connectivity index (χ2n) is 5.07. The molecular formula is C22H36. The van der Waals surface area contributed by atoms with E-state index in [9.17, 15) is 0 Å². The van der Waals surface area contributed by atoms with E-state index in [1.165, 1.54) is 32.1 Å². The van der Waals surface area contributed by atoms with Crippen LogP contribution in [0.5, 0.6) is 0 Å². The molecule has 0 aliphatic heterocycles. The van der Waals surface area contributed by atoms with E-state index >= 15 is 0 Å². The number of hydrogen-bond donors (Lipinski definition) is 0. The maximum atomic E-state index is 3.09. The fourth-order valence-corrected chi connectivity index (χ4v) is 1.53. The number of hydrogen-bond acceptors (Lipinski definition) is 0. The van der Waals surface area contributed by atoms with Gasteiger partial charge >= 0.3 is 0 Å². The minimum absolute atomic E-state index is 0.748. The molecule has 22 heavy (non-hydrogen) atoms. The predicted octanol–water partition coefficient (Wildman–Crippen LogP) is 7.07. The van der Waals surface area contributed by atoms with Gasteiger partial charge in [0.15, 0.2) is 0 Å². The number of allylic oxidation sites excluding steroid dienone is 4. The number of rotatable bonds is 8. The van der Waals surface area contributed by atoms with Crippen molar-refractivity contribution >= 4 is 0 Å². The van der Waals surface area contributed by atoms with Crippen molar-refractivity contribution < 1.29 is 0 Å². The first kappa shape index (κ1) is 22.9. The molecular weight excluding hydrogens is 264 g/mol.